The molecule has 0 aliphatic heterocycles. The lowest BCUT2D eigenvalue weighted by molar-refractivity contribution is -0.123. The lowest BCUT2D eigenvalue weighted by Gasteiger charge is -2.25. The van der Waals surface area contributed by atoms with E-state index in [4.69, 9.17) is 19.8 Å². The molecule has 8 nitrogen and oxygen atoms in total. The van der Waals surface area contributed by atoms with E-state index in [1.165, 1.54) is 10.9 Å². The molecular weight excluding hydrogens is 528 g/mol. The van der Waals surface area contributed by atoms with Gasteiger partial charge in [-0.25, -0.2) is 0 Å². The molecule has 1 aromatic heterocycles. The van der Waals surface area contributed by atoms with Crippen LogP contribution in [0, 0.1) is 17.2 Å². The number of ether oxygens (including phenoxy) is 2. The normalized spacial score (nSPS) is 11.3. The Bertz CT molecular complexity index is 1410. The molecule has 0 aliphatic rings. The first-order chi connectivity index (χ1) is 20.6. The predicted octanol–water partition coefficient (Wildman–Crippen LogP) is 5.12. The first-order valence-corrected chi connectivity index (χ1v) is 14.2. The van der Waals surface area contributed by atoms with E-state index in [1.807, 2.05) is 48.5 Å². The zero-order valence-electron chi connectivity index (χ0n) is 24.8. The molecule has 0 bridgehead atoms. The van der Waals surface area contributed by atoms with Gasteiger partial charge >= 0.3 is 0 Å². The molecule has 0 spiro atoms. The number of aliphatic hydroxyl groups excluding tert-OH is 1. The van der Waals surface area contributed by atoms with Crippen LogP contribution < -0.4 is 14.8 Å². The Hall–Kier alpha value is -4.32. The number of rotatable bonds is 15. The van der Waals surface area contributed by atoms with Gasteiger partial charge in [0.1, 0.15) is 11.5 Å². The van der Waals surface area contributed by atoms with E-state index in [-0.39, 0.29) is 18.4 Å². The Labute approximate surface area is 248 Å². The van der Waals surface area contributed by atoms with E-state index in [9.17, 15) is 4.79 Å². The van der Waals surface area contributed by atoms with Gasteiger partial charge in [0.05, 0.1) is 13.2 Å². The maximum absolute atomic E-state index is 12.7. The molecule has 8 heteroatoms. The summed E-state index contributed by atoms with van der Waals surface area (Å²) in [4.78, 5) is 18.4. The summed E-state index contributed by atoms with van der Waals surface area (Å²) in [5, 5.41) is 20.0. The van der Waals surface area contributed by atoms with Crippen molar-refractivity contribution in [1.29, 1.82) is 5.26 Å². The van der Waals surface area contributed by atoms with Crippen molar-refractivity contribution in [3.05, 3.63) is 95.7 Å². The molecule has 1 heterocycles. The number of para-hydroxylation sites is 2. The van der Waals surface area contributed by atoms with Gasteiger partial charge < -0.3 is 29.8 Å². The van der Waals surface area contributed by atoms with E-state index in [2.05, 4.69) is 58.8 Å². The van der Waals surface area contributed by atoms with E-state index in [0.717, 1.165) is 61.9 Å². The van der Waals surface area contributed by atoms with Crippen molar-refractivity contribution in [1.82, 2.24) is 15.2 Å². The van der Waals surface area contributed by atoms with Gasteiger partial charge in [-0.15, -0.1) is 0 Å². The average Bonchev–Trinajstić information content (AvgIpc) is 3.43. The number of aromatic nitrogens is 1. The molecule has 1 amide bonds. The van der Waals surface area contributed by atoms with Crippen molar-refractivity contribution in [3.63, 3.8) is 0 Å². The lowest BCUT2D eigenvalue weighted by atomic mass is 9.98. The molecule has 222 valence electrons. The predicted molar refractivity (Wildman–Crippen MR) is 166 cm³/mol. The van der Waals surface area contributed by atoms with Crippen LogP contribution in [0.15, 0.2) is 79.0 Å². The van der Waals surface area contributed by atoms with Crippen LogP contribution in [-0.2, 0) is 24.2 Å². The van der Waals surface area contributed by atoms with Crippen LogP contribution in [0.3, 0.4) is 0 Å². The molecule has 0 saturated heterocycles. The number of carbonyl (C=O) groups is 1. The third kappa shape index (κ3) is 9.95. The summed E-state index contributed by atoms with van der Waals surface area (Å²) in [5.41, 5.74) is 4.65. The number of aliphatic hydroxyl groups is 1. The molecule has 4 aromatic rings. The number of methoxy groups -OCH3 is 1. The Kier molecular flexibility index (Phi) is 13.4. The largest absolute Gasteiger partial charge is 0.496 e. The van der Waals surface area contributed by atoms with Crippen molar-refractivity contribution < 1.29 is 19.4 Å². The first-order valence-electron chi connectivity index (χ1n) is 14.2. The minimum Gasteiger partial charge on any atom is -0.496 e. The number of amides is 1. The van der Waals surface area contributed by atoms with Crippen molar-refractivity contribution in [2.75, 3.05) is 41.0 Å². The number of hydrogen-bond donors (Lipinski definition) is 3. The summed E-state index contributed by atoms with van der Waals surface area (Å²) >= 11 is 0. The van der Waals surface area contributed by atoms with Crippen molar-refractivity contribution in [2.24, 2.45) is 5.92 Å². The number of unbranched alkanes of at least 4 members (excludes halogenated alkanes) is 1. The van der Waals surface area contributed by atoms with Gasteiger partial charge in [-0.05, 0) is 67.6 Å². The molecule has 0 saturated carbocycles. The second-order valence-corrected chi connectivity index (χ2v) is 10.2. The Morgan fingerprint density at radius 1 is 1.05 bits per heavy atom. The van der Waals surface area contributed by atoms with Crippen molar-refractivity contribution in [2.45, 2.75) is 32.2 Å². The van der Waals surface area contributed by atoms with Crippen LogP contribution in [0.4, 0.5) is 0 Å². The summed E-state index contributed by atoms with van der Waals surface area (Å²) in [5.74, 6) is 1.58. The first kappa shape index (κ1) is 32.2. The minimum atomic E-state index is -0.144. The number of nitrogens with one attached hydrogen (secondary N) is 2. The molecule has 3 aromatic carbocycles. The fourth-order valence-corrected chi connectivity index (χ4v) is 5.02. The highest BCUT2D eigenvalue weighted by Crippen LogP contribution is 2.23. The standard InChI is InChI=1S/C33H38N4O3.CH4O/c1-37(23-27-10-3-6-13-32(27)39-2)22-26(19-28-21-35-31-12-5-4-11-30(28)31)20-36-33(38)24-40-29-16-14-25(15-17-29)9-7-8-18-34;1-2/h3-6,10-17,21,26,35H,7-9,19-20,22-24H2,1-2H3,(H,36,38);2H,1H3. The van der Waals surface area contributed by atoms with Gasteiger partial charge in [0.25, 0.3) is 5.91 Å². The number of carbonyl (C=O) groups excluding carboxylic acids is 1. The maximum atomic E-state index is 12.7. The summed E-state index contributed by atoms with van der Waals surface area (Å²) in [6, 6.07) is 26.3. The van der Waals surface area contributed by atoms with E-state index in [0.29, 0.717) is 18.7 Å². The Balaban J connectivity index is 0.00000237. The smallest absolute Gasteiger partial charge is 0.257 e. The van der Waals surface area contributed by atoms with Crippen LogP contribution in [0.25, 0.3) is 10.9 Å². The van der Waals surface area contributed by atoms with E-state index >= 15 is 0 Å². The number of aryl methyl sites for hydroxylation is 1. The van der Waals surface area contributed by atoms with Crippen molar-refractivity contribution >= 4 is 16.8 Å². The summed E-state index contributed by atoms with van der Waals surface area (Å²) in [7, 11) is 4.80. The highest BCUT2D eigenvalue weighted by molar-refractivity contribution is 5.83. The molecule has 1 atom stereocenters. The fraction of sp³-hybridized carbons (Fsp3) is 0.353. The number of benzene rings is 3. The zero-order chi connectivity index (χ0) is 30.2. The minimum absolute atomic E-state index is 0.0371. The highest BCUT2D eigenvalue weighted by Gasteiger charge is 2.18. The summed E-state index contributed by atoms with van der Waals surface area (Å²) in [6.07, 6.45) is 5.15. The zero-order valence-corrected chi connectivity index (χ0v) is 24.8. The molecule has 1 unspecified atom stereocenters. The number of hydrogen-bond acceptors (Lipinski definition) is 6. The molecule has 42 heavy (non-hydrogen) atoms. The van der Waals surface area contributed by atoms with Gasteiger partial charge in [0.15, 0.2) is 6.61 Å². The second kappa shape index (κ2) is 17.5. The van der Waals surface area contributed by atoms with Crippen LogP contribution in [0.5, 0.6) is 11.5 Å². The number of H-pyrrole nitrogens is 1. The maximum Gasteiger partial charge on any atom is 0.257 e. The lowest BCUT2D eigenvalue weighted by Crippen LogP contribution is -2.38. The van der Waals surface area contributed by atoms with Crippen LogP contribution in [0.2, 0.25) is 0 Å². The number of nitrogens with zero attached hydrogens (tertiary/aromatic N) is 2. The van der Waals surface area contributed by atoms with Crippen LogP contribution >= 0.6 is 0 Å². The van der Waals surface area contributed by atoms with Crippen LogP contribution in [-0.4, -0.2) is 61.9 Å². The number of nitriles is 1. The van der Waals surface area contributed by atoms with Gasteiger partial charge in [-0.2, -0.15) is 5.26 Å². The third-order valence-electron chi connectivity index (χ3n) is 7.02. The van der Waals surface area contributed by atoms with Gasteiger partial charge in [-0.1, -0.05) is 48.5 Å². The topological polar surface area (TPSA) is 111 Å². The highest BCUT2D eigenvalue weighted by atomic mass is 16.5. The Morgan fingerprint density at radius 3 is 2.55 bits per heavy atom. The van der Waals surface area contributed by atoms with Gasteiger partial charge in [0.2, 0.25) is 0 Å². The molecule has 0 radical (unpaired) electrons. The number of aromatic amines is 1. The molecule has 3 N–H and O–H groups in total. The fourth-order valence-electron chi connectivity index (χ4n) is 5.02. The van der Waals surface area contributed by atoms with E-state index < -0.39 is 0 Å². The summed E-state index contributed by atoms with van der Waals surface area (Å²) in [6.45, 7) is 2.05. The SMILES string of the molecule is CO.COc1ccccc1CN(C)CC(CNC(=O)COc1ccc(CCCC#N)cc1)Cc1c[nH]c2ccccc12. The van der Waals surface area contributed by atoms with Gasteiger partial charge in [0, 0.05) is 55.8 Å². The molecule has 0 fully saturated rings. The van der Waals surface area contributed by atoms with Crippen molar-refractivity contribution in [3.8, 4) is 17.6 Å². The third-order valence-corrected chi connectivity index (χ3v) is 7.02. The van der Waals surface area contributed by atoms with Gasteiger partial charge in [-0.3, -0.25) is 4.79 Å². The second-order valence-electron chi connectivity index (χ2n) is 10.2. The Morgan fingerprint density at radius 2 is 1.79 bits per heavy atom. The molecular formula is C34H42N4O4. The monoisotopic (exact) mass is 570 g/mol. The quantitative estimate of drug-likeness (QED) is 0.171. The average molecular weight is 571 g/mol. The number of fused-ring (bicyclic) bond motifs is 1. The van der Waals surface area contributed by atoms with Crippen LogP contribution in [0.1, 0.15) is 29.5 Å². The molecule has 0 aliphatic carbocycles. The summed E-state index contributed by atoms with van der Waals surface area (Å²) < 4.78 is 11.3. The van der Waals surface area contributed by atoms with E-state index in [1.54, 1.807) is 7.11 Å². The molecule has 4 rings (SSSR count).